The Morgan fingerprint density at radius 1 is 1.26 bits per heavy atom. The van der Waals surface area contributed by atoms with E-state index in [4.69, 9.17) is 16.3 Å². The summed E-state index contributed by atoms with van der Waals surface area (Å²) in [7, 11) is 0. The zero-order valence-corrected chi connectivity index (χ0v) is 15.7. The van der Waals surface area contributed by atoms with Gasteiger partial charge >= 0.3 is 0 Å². The maximum Gasteiger partial charge on any atom is 0.252 e. The SMILES string of the molecule is C[C@@H](NC(=O)c1cc(-c2ccccn2)nc2ccc(Cl)cc12)[C@H]1CCCO1. The first-order valence-electron chi connectivity index (χ1n) is 9.06. The minimum absolute atomic E-state index is 0.0564. The maximum absolute atomic E-state index is 13.1. The second kappa shape index (κ2) is 7.62. The third-order valence-electron chi connectivity index (χ3n) is 4.82. The van der Waals surface area contributed by atoms with Gasteiger partial charge in [0, 0.05) is 23.2 Å². The van der Waals surface area contributed by atoms with Gasteiger partial charge in [-0.05, 0) is 56.2 Å². The Balaban J connectivity index is 1.75. The molecule has 1 amide bonds. The Bertz CT molecular complexity index is 972. The van der Waals surface area contributed by atoms with Crippen molar-refractivity contribution in [2.75, 3.05) is 6.61 Å². The zero-order valence-electron chi connectivity index (χ0n) is 15.0. The maximum atomic E-state index is 13.1. The molecule has 3 aromatic rings. The topological polar surface area (TPSA) is 64.1 Å². The molecule has 0 aliphatic carbocycles. The van der Waals surface area contributed by atoms with Crippen LogP contribution in [0.25, 0.3) is 22.3 Å². The molecule has 0 unspecified atom stereocenters. The van der Waals surface area contributed by atoms with Gasteiger partial charge in [0.15, 0.2) is 0 Å². The number of aromatic nitrogens is 2. The molecule has 1 fully saturated rings. The van der Waals surface area contributed by atoms with Crippen LogP contribution in [-0.2, 0) is 4.74 Å². The van der Waals surface area contributed by atoms with Gasteiger partial charge in [-0.2, -0.15) is 0 Å². The minimum atomic E-state index is -0.162. The van der Waals surface area contributed by atoms with Crippen molar-refractivity contribution in [3.63, 3.8) is 0 Å². The Morgan fingerprint density at radius 2 is 2.15 bits per heavy atom. The number of carbonyl (C=O) groups excluding carboxylic acids is 1. The van der Waals surface area contributed by atoms with Crippen LogP contribution in [0.3, 0.4) is 0 Å². The molecule has 0 bridgehead atoms. The number of benzene rings is 1. The van der Waals surface area contributed by atoms with E-state index < -0.39 is 0 Å². The summed E-state index contributed by atoms with van der Waals surface area (Å²) in [6, 6.07) is 12.7. The first-order chi connectivity index (χ1) is 13.1. The predicted molar refractivity (Wildman–Crippen MR) is 106 cm³/mol. The van der Waals surface area contributed by atoms with Crippen LogP contribution >= 0.6 is 11.6 Å². The van der Waals surface area contributed by atoms with E-state index in [1.165, 1.54) is 0 Å². The number of nitrogens with one attached hydrogen (secondary N) is 1. The van der Waals surface area contributed by atoms with Crippen LogP contribution in [0.1, 0.15) is 30.1 Å². The van der Waals surface area contributed by atoms with Crippen LogP contribution in [0, 0.1) is 0 Å². The van der Waals surface area contributed by atoms with E-state index in [2.05, 4.69) is 15.3 Å². The number of pyridine rings is 2. The molecule has 2 atom stereocenters. The van der Waals surface area contributed by atoms with Crippen molar-refractivity contribution < 1.29 is 9.53 Å². The summed E-state index contributed by atoms with van der Waals surface area (Å²) in [6.45, 7) is 2.73. The Labute approximate surface area is 162 Å². The molecule has 1 aromatic carbocycles. The Morgan fingerprint density at radius 3 is 2.89 bits per heavy atom. The third kappa shape index (κ3) is 3.80. The highest BCUT2D eigenvalue weighted by molar-refractivity contribution is 6.31. The van der Waals surface area contributed by atoms with Crippen molar-refractivity contribution in [2.24, 2.45) is 0 Å². The third-order valence-corrected chi connectivity index (χ3v) is 5.06. The van der Waals surface area contributed by atoms with Crippen LogP contribution in [0.2, 0.25) is 5.02 Å². The van der Waals surface area contributed by atoms with Gasteiger partial charge in [-0.3, -0.25) is 9.78 Å². The highest BCUT2D eigenvalue weighted by Crippen LogP contribution is 2.26. The van der Waals surface area contributed by atoms with E-state index in [-0.39, 0.29) is 18.1 Å². The molecule has 4 rings (SSSR count). The zero-order chi connectivity index (χ0) is 18.8. The van der Waals surface area contributed by atoms with Gasteiger partial charge in [0.1, 0.15) is 0 Å². The molecule has 6 heteroatoms. The summed E-state index contributed by atoms with van der Waals surface area (Å²) in [5.41, 5.74) is 2.61. The lowest BCUT2D eigenvalue weighted by Gasteiger charge is -2.20. The molecule has 5 nitrogen and oxygen atoms in total. The van der Waals surface area contributed by atoms with Crippen LogP contribution in [-0.4, -0.2) is 34.6 Å². The normalized spacial score (nSPS) is 17.8. The van der Waals surface area contributed by atoms with E-state index >= 15 is 0 Å². The van der Waals surface area contributed by atoms with Crippen LogP contribution < -0.4 is 5.32 Å². The Hall–Kier alpha value is -2.50. The first-order valence-corrected chi connectivity index (χ1v) is 9.44. The molecular weight excluding hydrogens is 362 g/mol. The Kier molecular flexibility index (Phi) is 5.05. The van der Waals surface area contributed by atoms with Crippen LogP contribution in [0.4, 0.5) is 0 Å². The standard InChI is InChI=1S/C21H20ClN3O2/c1-13(20-6-4-10-27-20)24-21(26)16-12-19(18-5-2-3-9-23-18)25-17-8-7-14(22)11-15(16)17/h2-3,5,7-9,11-13,20H,4,6,10H2,1H3,(H,24,26)/t13-,20-/m1/s1. The second-order valence-electron chi connectivity index (χ2n) is 6.75. The van der Waals surface area contributed by atoms with E-state index in [0.717, 1.165) is 30.5 Å². The van der Waals surface area contributed by atoms with E-state index in [1.54, 1.807) is 24.4 Å². The van der Waals surface area contributed by atoms with Crippen LogP contribution in [0.5, 0.6) is 0 Å². The van der Waals surface area contributed by atoms with Crippen molar-refractivity contribution in [2.45, 2.75) is 31.9 Å². The fourth-order valence-corrected chi connectivity index (χ4v) is 3.58. The summed E-state index contributed by atoms with van der Waals surface area (Å²) < 4.78 is 5.69. The van der Waals surface area contributed by atoms with Crippen molar-refractivity contribution in [3.8, 4) is 11.4 Å². The van der Waals surface area contributed by atoms with Crippen LogP contribution in [0.15, 0.2) is 48.7 Å². The summed E-state index contributed by atoms with van der Waals surface area (Å²) >= 11 is 6.17. The minimum Gasteiger partial charge on any atom is -0.376 e. The first kappa shape index (κ1) is 17.9. The van der Waals surface area contributed by atoms with Crippen molar-refractivity contribution in [3.05, 3.63) is 59.2 Å². The van der Waals surface area contributed by atoms with Gasteiger partial charge in [-0.1, -0.05) is 17.7 Å². The number of ether oxygens (including phenoxy) is 1. The lowest BCUT2D eigenvalue weighted by Crippen LogP contribution is -2.40. The number of fused-ring (bicyclic) bond motifs is 1. The van der Waals surface area contributed by atoms with E-state index in [9.17, 15) is 4.79 Å². The van der Waals surface area contributed by atoms with Gasteiger partial charge < -0.3 is 10.1 Å². The monoisotopic (exact) mass is 381 g/mol. The number of carbonyl (C=O) groups is 1. The van der Waals surface area contributed by atoms with Gasteiger partial charge in [-0.25, -0.2) is 4.98 Å². The highest BCUT2D eigenvalue weighted by atomic mass is 35.5. The molecule has 0 spiro atoms. The summed E-state index contributed by atoms with van der Waals surface area (Å²) in [5, 5.41) is 4.36. The number of halogens is 1. The summed E-state index contributed by atoms with van der Waals surface area (Å²) in [5.74, 6) is -0.162. The largest absolute Gasteiger partial charge is 0.376 e. The van der Waals surface area contributed by atoms with Gasteiger partial charge in [0.25, 0.3) is 5.91 Å². The van der Waals surface area contributed by atoms with Crippen molar-refractivity contribution >= 4 is 28.4 Å². The van der Waals surface area contributed by atoms with Crippen molar-refractivity contribution in [1.82, 2.24) is 15.3 Å². The molecule has 1 aliphatic rings. The number of rotatable bonds is 4. The number of hydrogen-bond donors (Lipinski definition) is 1. The lowest BCUT2D eigenvalue weighted by molar-refractivity contribution is 0.0713. The predicted octanol–water partition coefficient (Wildman–Crippen LogP) is 4.25. The summed E-state index contributed by atoms with van der Waals surface area (Å²) in [4.78, 5) is 22.1. The van der Waals surface area contributed by atoms with E-state index in [1.807, 2.05) is 31.2 Å². The smallest absolute Gasteiger partial charge is 0.252 e. The van der Waals surface area contributed by atoms with Gasteiger partial charge in [0.2, 0.25) is 0 Å². The highest BCUT2D eigenvalue weighted by Gasteiger charge is 2.25. The number of hydrogen-bond acceptors (Lipinski definition) is 4. The average molecular weight is 382 g/mol. The molecular formula is C21H20ClN3O2. The fraction of sp³-hybridized carbons (Fsp3) is 0.286. The molecule has 2 aromatic heterocycles. The van der Waals surface area contributed by atoms with Crippen molar-refractivity contribution in [1.29, 1.82) is 0 Å². The quantitative estimate of drug-likeness (QED) is 0.733. The molecule has 27 heavy (non-hydrogen) atoms. The van der Waals surface area contributed by atoms with E-state index in [0.29, 0.717) is 21.8 Å². The van der Waals surface area contributed by atoms with Gasteiger partial charge in [0.05, 0.1) is 34.6 Å². The molecule has 0 saturated carbocycles. The summed E-state index contributed by atoms with van der Waals surface area (Å²) in [6.07, 6.45) is 3.76. The molecule has 1 saturated heterocycles. The van der Waals surface area contributed by atoms with Gasteiger partial charge in [-0.15, -0.1) is 0 Å². The lowest BCUT2D eigenvalue weighted by atomic mass is 10.0. The fourth-order valence-electron chi connectivity index (χ4n) is 3.41. The average Bonchev–Trinajstić information content (AvgIpc) is 3.23. The number of amides is 1. The second-order valence-corrected chi connectivity index (χ2v) is 7.18. The molecule has 1 N–H and O–H groups in total. The molecule has 0 radical (unpaired) electrons. The molecule has 1 aliphatic heterocycles. The molecule has 138 valence electrons. The number of nitrogens with zero attached hydrogens (tertiary/aromatic N) is 2. The molecule has 3 heterocycles.